The van der Waals surface area contributed by atoms with Crippen molar-refractivity contribution in [3.8, 4) is 0 Å². The number of aryl methyl sites for hydroxylation is 1. The highest BCUT2D eigenvalue weighted by Crippen LogP contribution is 2.22. The minimum atomic E-state index is -1.40. The molecule has 0 unspecified atom stereocenters. The summed E-state index contributed by atoms with van der Waals surface area (Å²) in [7, 11) is 1.55. The molecule has 1 heterocycles. The van der Waals surface area contributed by atoms with Gasteiger partial charge in [-0.15, -0.1) is 0 Å². The molecule has 1 atom stereocenters. The third kappa shape index (κ3) is 5.04. The molecule has 6 nitrogen and oxygen atoms in total. The maximum Gasteiger partial charge on any atom is 0.255 e. The Morgan fingerprint density at radius 1 is 1.33 bits per heavy atom. The van der Waals surface area contributed by atoms with Gasteiger partial charge in [0.05, 0.1) is 6.54 Å². The summed E-state index contributed by atoms with van der Waals surface area (Å²) in [5.41, 5.74) is -0.150. The molecule has 0 aliphatic carbocycles. The third-order valence-electron chi connectivity index (χ3n) is 4.42. The smallest absolute Gasteiger partial charge is 0.255 e. The molecule has 1 aromatic carbocycles. The van der Waals surface area contributed by atoms with Gasteiger partial charge in [-0.2, -0.15) is 0 Å². The van der Waals surface area contributed by atoms with Crippen LogP contribution in [0.15, 0.2) is 30.3 Å². The van der Waals surface area contributed by atoms with E-state index in [4.69, 9.17) is 0 Å². The number of carbonyl (C=O) groups is 2. The molecule has 24 heavy (non-hydrogen) atoms. The second kappa shape index (κ2) is 8.80. The minimum absolute atomic E-state index is 0.0973. The zero-order chi connectivity index (χ0) is 17.4. The van der Waals surface area contributed by atoms with Gasteiger partial charge >= 0.3 is 0 Å². The summed E-state index contributed by atoms with van der Waals surface area (Å²) >= 11 is 0. The average molecular weight is 333 g/mol. The molecule has 2 rings (SSSR count). The molecule has 1 aromatic rings. The lowest BCUT2D eigenvalue weighted by Crippen LogP contribution is -2.58. The van der Waals surface area contributed by atoms with Crippen LogP contribution in [0, 0.1) is 0 Å². The van der Waals surface area contributed by atoms with Gasteiger partial charge in [-0.1, -0.05) is 30.3 Å². The molecular weight excluding hydrogens is 306 g/mol. The summed E-state index contributed by atoms with van der Waals surface area (Å²) in [5, 5.41) is 16.0. The summed E-state index contributed by atoms with van der Waals surface area (Å²) in [6.07, 6.45) is 2.99. The largest absolute Gasteiger partial charge is 0.379 e. The number of carbonyl (C=O) groups excluding carboxylic acids is 2. The standard InChI is InChI=1S/C18H27N3O3/c1-19-16(22)13-20-14-18(24)10-6-12-21(17(18)23)11-5-9-15-7-3-2-4-8-15/h2-4,7-8,20,24H,5-6,9-14H2,1H3,(H,19,22)/t18-/m0/s1. The minimum Gasteiger partial charge on any atom is -0.379 e. The number of piperidine rings is 1. The lowest BCUT2D eigenvalue weighted by molar-refractivity contribution is -0.156. The monoisotopic (exact) mass is 333 g/mol. The zero-order valence-corrected chi connectivity index (χ0v) is 14.3. The molecule has 1 aliphatic heterocycles. The van der Waals surface area contributed by atoms with E-state index < -0.39 is 5.60 Å². The van der Waals surface area contributed by atoms with Crippen molar-refractivity contribution in [1.29, 1.82) is 0 Å². The maximum atomic E-state index is 12.6. The molecule has 0 spiro atoms. The molecule has 6 heteroatoms. The summed E-state index contributed by atoms with van der Waals surface area (Å²) in [6.45, 7) is 1.53. The molecule has 1 fully saturated rings. The second-order valence-corrected chi connectivity index (χ2v) is 6.29. The third-order valence-corrected chi connectivity index (χ3v) is 4.42. The Bertz CT molecular complexity index is 550. The van der Waals surface area contributed by atoms with Crippen LogP contribution in [0.4, 0.5) is 0 Å². The summed E-state index contributed by atoms with van der Waals surface area (Å²) < 4.78 is 0. The van der Waals surface area contributed by atoms with Gasteiger partial charge in [0.25, 0.3) is 5.91 Å². The quantitative estimate of drug-likeness (QED) is 0.639. The Labute approximate surface area is 143 Å². The van der Waals surface area contributed by atoms with Crippen LogP contribution in [-0.2, 0) is 16.0 Å². The molecule has 1 saturated heterocycles. The number of amides is 2. The molecule has 0 aromatic heterocycles. The Morgan fingerprint density at radius 3 is 2.79 bits per heavy atom. The first-order valence-corrected chi connectivity index (χ1v) is 8.52. The van der Waals surface area contributed by atoms with E-state index in [1.807, 2.05) is 18.2 Å². The van der Waals surface area contributed by atoms with E-state index >= 15 is 0 Å². The maximum absolute atomic E-state index is 12.6. The fraction of sp³-hybridized carbons (Fsp3) is 0.556. The van der Waals surface area contributed by atoms with Gasteiger partial charge < -0.3 is 20.6 Å². The van der Waals surface area contributed by atoms with Crippen molar-refractivity contribution < 1.29 is 14.7 Å². The van der Waals surface area contributed by atoms with E-state index in [2.05, 4.69) is 22.8 Å². The van der Waals surface area contributed by atoms with E-state index in [0.717, 1.165) is 19.3 Å². The van der Waals surface area contributed by atoms with Gasteiger partial charge in [-0.25, -0.2) is 0 Å². The first-order valence-electron chi connectivity index (χ1n) is 8.52. The fourth-order valence-corrected chi connectivity index (χ4v) is 3.03. The van der Waals surface area contributed by atoms with Crippen LogP contribution in [0.25, 0.3) is 0 Å². The number of rotatable bonds is 8. The van der Waals surface area contributed by atoms with Crippen LogP contribution in [0.5, 0.6) is 0 Å². The van der Waals surface area contributed by atoms with Crippen LogP contribution < -0.4 is 10.6 Å². The Hall–Kier alpha value is -1.92. The fourth-order valence-electron chi connectivity index (χ4n) is 3.03. The van der Waals surface area contributed by atoms with Crippen LogP contribution in [0.1, 0.15) is 24.8 Å². The van der Waals surface area contributed by atoms with E-state index in [0.29, 0.717) is 19.5 Å². The number of nitrogens with zero attached hydrogens (tertiary/aromatic N) is 1. The van der Waals surface area contributed by atoms with Crippen LogP contribution in [0.2, 0.25) is 0 Å². The first-order chi connectivity index (χ1) is 11.5. The predicted molar refractivity (Wildman–Crippen MR) is 92.5 cm³/mol. The molecule has 0 radical (unpaired) electrons. The van der Waals surface area contributed by atoms with Gasteiger partial charge in [0.15, 0.2) is 5.60 Å². The van der Waals surface area contributed by atoms with Gasteiger partial charge in [-0.3, -0.25) is 9.59 Å². The van der Waals surface area contributed by atoms with Crippen LogP contribution >= 0.6 is 0 Å². The van der Waals surface area contributed by atoms with E-state index in [9.17, 15) is 14.7 Å². The summed E-state index contributed by atoms with van der Waals surface area (Å²) in [4.78, 5) is 25.5. The molecule has 0 saturated carbocycles. The number of hydrogen-bond donors (Lipinski definition) is 3. The molecule has 3 N–H and O–H groups in total. The molecule has 132 valence electrons. The number of likely N-dealkylation sites (tertiary alicyclic amines) is 1. The van der Waals surface area contributed by atoms with Crippen LogP contribution in [-0.4, -0.2) is 60.6 Å². The van der Waals surface area contributed by atoms with Crippen molar-refractivity contribution in [2.45, 2.75) is 31.3 Å². The van der Waals surface area contributed by atoms with Gasteiger partial charge in [0.1, 0.15) is 0 Å². The van der Waals surface area contributed by atoms with Gasteiger partial charge in [-0.05, 0) is 31.2 Å². The number of nitrogens with one attached hydrogen (secondary N) is 2. The Balaban J connectivity index is 1.81. The van der Waals surface area contributed by atoms with Crippen molar-refractivity contribution in [1.82, 2.24) is 15.5 Å². The summed E-state index contributed by atoms with van der Waals surface area (Å²) in [6, 6.07) is 10.2. The van der Waals surface area contributed by atoms with Crippen molar-refractivity contribution >= 4 is 11.8 Å². The van der Waals surface area contributed by atoms with Gasteiger partial charge in [0, 0.05) is 26.7 Å². The predicted octanol–water partition coefficient (Wildman–Crippen LogP) is 0.308. The average Bonchev–Trinajstić information content (AvgIpc) is 2.59. The number of benzene rings is 1. The molecule has 2 amide bonds. The van der Waals surface area contributed by atoms with Crippen LogP contribution in [0.3, 0.4) is 0 Å². The zero-order valence-electron chi connectivity index (χ0n) is 14.3. The lowest BCUT2D eigenvalue weighted by atomic mass is 9.91. The normalized spacial score (nSPS) is 20.9. The number of likely N-dealkylation sites (N-methyl/N-ethyl adjacent to an activating group) is 1. The summed E-state index contributed by atoms with van der Waals surface area (Å²) in [5.74, 6) is -0.396. The van der Waals surface area contributed by atoms with E-state index in [-0.39, 0.29) is 24.9 Å². The first kappa shape index (κ1) is 18.4. The second-order valence-electron chi connectivity index (χ2n) is 6.29. The Kier molecular flexibility index (Phi) is 6.75. The van der Waals surface area contributed by atoms with E-state index in [1.54, 1.807) is 11.9 Å². The topological polar surface area (TPSA) is 81.7 Å². The number of aliphatic hydroxyl groups is 1. The van der Waals surface area contributed by atoms with Crippen molar-refractivity contribution in [3.63, 3.8) is 0 Å². The number of hydrogen-bond acceptors (Lipinski definition) is 4. The van der Waals surface area contributed by atoms with Gasteiger partial charge in [0.2, 0.25) is 5.91 Å². The SMILES string of the molecule is CNC(=O)CNC[C@@]1(O)CCCN(CCCc2ccccc2)C1=O. The van der Waals surface area contributed by atoms with Crippen molar-refractivity contribution in [2.75, 3.05) is 33.2 Å². The Morgan fingerprint density at radius 2 is 2.08 bits per heavy atom. The highest BCUT2D eigenvalue weighted by molar-refractivity contribution is 5.86. The molecular formula is C18H27N3O3. The van der Waals surface area contributed by atoms with Crippen molar-refractivity contribution in [2.24, 2.45) is 0 Å². The highest BCUT2D eigenvalue weighted by Gasteiger charge is 2.41. The highest BCUT2D eigenvalue weighted by atomic mass is 16.3. The molecule has 1 aliphatic rings. The van der Waals surface area contributed by atoms with E-state index in [1.165, 1.54) is 5.56 Å². The lowest BCUT2D eigenvalue weighted by Gasteiger charge is -2.38. The molecule has 0 bridgehead atoms. The van der Waals surface area contributed by atoms with Crippen molar-refractivity contribution in [3.05, 3.63) is 35.9 Å².